The molecule has 3 N–H and O–H groups in total. The molecule has 1 atom stereocenters. The van der Waals surface area contributed by atoms with E-state index in [1.165, 1.54) is 0 Å². The van der Waals surface area contributed by atoms with Crippen molar-refractivity contribution in [2.24, 2.45) is 5.73 Å². The molecule has 0 radical (unpaired) electrons. The molecular weight excluding hydrogens is 198 g/mol. The highest BCUT2D eigenvalue weighted by Crippen LogP contribution is 2.16. The lowest BCUT2D eigenvalue weighted by Gasteiger charge is -2.22. The molecule has 0 saturated carbocycles. The molecule has 0 bridgehead atoms. The number of aliphatic carboxylic acids is 1. The number of thioether (sulfide) groups is 1. The van der Waals surface area contributed by atoms with Crippen LogP contribution in [-0.4, -0.2) is 28.1 Å². The molecule has 0 aromatic rings. The minimum absolute atomic E-state index is 0.303. The fraction of sp³-hybridized carbons (Fsp3) is 0.500. The van der Waals surface area contributed by atoms with E-state index in [9.17, 15) is 4.79 Å². The maximum atomic E-state index is 10.9. The summed E-state index contributed by atoms with van der Waals surface area (Å²) in [5, 5.41) is 8.92. The van der Waals surface area contributed by atoms with Crippen LogP contribution in [0.2, 0.25) is 0 Å². The van der Waals surface area contributed by atoms with Gasteiger partial charge in [0.1, 0.15) is 5.54 Å². The van der Waals surface area contributed by atoms with Crippen molar-refractivity contribution in [1.82, 2.24) is 0 Å². The van der Waals surface area contributed by atoms with E-state index in [0.29, 0.717) is 12.8 Å². The highest BCUT2D eigenvalue weighted by molar-refractivity contribution is 7.99. The van der Waals surface area contributed by atoms with Crippen LogP contribution in [0.3, 0.4) is 0 Å². The van der Waals surface area contributed by atoms with Crippen LogP contribution in [0.5, 0.6) is 0 Å². The predicted molar refractivity (Wildman–Crippen MR) is 61.5 cm³/mol. The molecule has 80 valence electrons. The smallest absolute Gasteiger partial charge is 0.324 e. The first-order valence-electron chi connectivity index (χ1n) is 4.38. The molecule has 0 spiro atoms. The summed E-state index contributed by atoms with van der Waals surface area (Å²) in [6.07, 6.45) is 4.09. The van der Waals surface area contributed by atoms with Crippen molar-refractivity contribution in [2.45, 2.75) is 18.4 Å². The van der Waals surface area contributed by atoms with Gasteiger partial charge in [-0.3, -0.25) is 4.79 Å². The summed E-state index contributed by atoms with van der Waals surface area (Å²) < 4.78 is 0. The van der Waals surface area contributed by atoms with Gasteiger partial charge in [-0.15, -0.1) is 13.2 Å². The molecule has 0 aromatic carbocycles. The molecule has 4 heteroatoms. The van der Waals surface area contributed by atoms with Gasteiger partial charge in [0.2, 0.25) is 0 Å². The Balaban J connectivity index is 4.02. The highest BCUT2D eigenvalue weighted by Gasteiger charge is 2.31. The Morgan fingerprint density at radius 2 is 2.14 bits per heavy atom. The Hall–Kier alpha value is -0.740. The normalized spacial score (nSPS) is 14.4. The molecule has 0 saturated heterocycles. The minimum Gasteiger partial charge on any atom is -0.480 e. The SMILES string of the molecule is C=CCSCC[C@](N)(CC=C)C(=O)O. The molecule has 0 fully saturated rings. The van der Waals surface area contributed by atoms with Gasteiger partial charge in [0.25, 0.3) is 0 Å². The summed E-state index contributed by atoms with van der Waals surface area (Å²) in [5.41, 5.74) is 4.57. The number of nitrogens with two attached hydrogens (primary N) is 1. The number of hydrogen-bond acceptors (Lipinski definition) is 3. The van der Waals surface area contributed by atoms with Crippen molar-refractivity contribution >= 4 is 17.7 Å². The van der Waals surface area contributed by atoms with Crippen molar-refractivity contribution in [3.8, 4) is 0 Å². The zero-order valence-corrected chi connectivity index (χ0v) is 9.05. The fourth-order valence-electron chi connectivity index (χ4n) is 0.975. The summed E-state index contributed by atoms with van der Waals surface area (Å²) in [6, 6.07) is 0. The summed E-state index contributed by atoms with van der Waals surface area (Å²) in [5.74, 6) is 0.587. The van der Waals surface area contributed by atoms with Crippen LogP contribution < -0.4 is 5.73 Å². The monoisotopic (exact) mass is 215 g/mol. The molecule has 0 rings (SSSR count). The van der Waals surface area contributed by atoms with Crippen LogP contribution in [0.15, 0.2) is 25.3 Å². The number of carbonyl (C=O) groups is 1. The zero-order valence-electron chi connectivity index (χ0n) is 8.24. The van der Waals surface area contributed by atoms with Crippen molar-refractivity contribution < 1.29 is 9.90 Å². The van der Waals surface area contributed by atoms with Crippen LogP contribution in [0.1, 0.15) is 12.8 Å². The summed E-state index contributed by atoms with van der Waals surface area (Å²) >= 11 is 1.63. The molecule has 0 aromatic heterocycles. The average Bonchev–Trinajstić information content (AvgIpc) is 2.13. The maximum absolute atomic E-state index is 10.9. The highest BCUT2D eigenvalue weighted by atomic mass is 32.2. The maximum Gasteiger partial charge on any atom is 0.324 e. The van der Waals surface area contributed by atoms with Crippen molar-refractivity contribution in [1.29, 1.82) is 0 Å². The Labute approximate surface area is 89.1 Å². The van der Waals surface area contributed by atoms with Gasteiger partial charge in [-0.2, -0.15) is 11.8 Å². The Bertz CT molecular complexity index is 218. The standard InChI is InChI=1S/C10H17NO2S/c1-3-5-10(11,9(12)13)6-8-14-7-4-2/h3-4H,1-2,5-8,11H2,(H,12,13)/t10-/m1/s1. The summed E-state index contributed by atoms with van der Waals surface area (Å²) in [6.45, 7) is 7.09. The molecule has 0 aliphatic heterocycles. The van der Waals surface area contributed by atoms with Crippen LogP contribution in [0.4, 0.5) is 0 Å². The lowest BCUT2D eigenvalue weighted by Crippen LogP contribution is -2.48. The second-order valence-corrected chi connectivity index (χ2v) is 4.22. The summed E-state index contributed by atoms with van der Waals surface area (Å²) in [4.78, 5) is 10.9. The van der Waals surface area contributed by atoms with E-state index in [2.05, 4.69) is 13.2 Å². The van der Waals surface area contributed by atoms with Gasteiger partial charge in [-0.25, -0.2) is 0 Å². The quantitative estimate of drug-likeness (QED) is 0.477. The van der Waals surface area contributed by atoms with Crippen molar-refractivity contribution in [3.05, 3.63) is 25.3 Å². The summed E-state index contributed by atoms with van der Waals surface area (Å²) in [7, 11) is 0. The van der Waals surface area contributed by atoms with Gasteiger partial charge in [0.05, 0.1) is 0 Å². The van der Waals surface area contributed by atoms with Crippen LogP contribution in [0.25, 0.3) is 0 Å². The van der Waals surface area contributed by atoms with E-state index in [-0.39, 0.29) is 0 Å². The molecule has 14 heavy (non-hydrogen) atoms. The third-order valence-corrected chi connectivity index (χ3v) is 2.83. The zero-order chi connectivity index (χ0) is 11.0. The van der Waals surface area contributed by atoms with Crippen LogP contribution >= 0.6 is 11.8 Å². The first-order chi connectivity index (χ1) is 6.56. The Kier molecular flexibility index (Phi) is 6.32. The first-order valence-corrected chi connectivity index (χ1v) is 5.54. The van der Waals surface area contributed by atoms with E-state index >= 15 is 0 Å². The predicted octanol–water partition coefficient (Wildman–Crippen LogP) is 1.65. The molecule has 0 heterocycles. The number of carboxylic acid groups (broad SMARTS) is 1. The minimum atomic E-state index is -1.16. The second-order valence-electron chi connectivity index (χ2n) is 3.07. The van der Waals surface area contributed by atoms with E-state index < -0.39 is 11.5 Å². The lowest BCUT2D eigenvalue weighted by atomic mass is 9.94. The third-order valence-electron chi connectivity index (χ3n) is 1.86. The average molecular weight is 215 g/mol. The molecule has 0 unspecified atom stereocenters. The van der Waals surface area contributed by atoms with E-state index in [1.807, 2.05) is 0 Å². The molecule has 0 aliphatic carbocycles. The number of rotatable bonds is 8. The first kappa shape index (κ1) is 13.3. The second kappa shape index (κ2) is 6.68. The van der Waals surface area contributed by atoms with Crippen molar-refractivity contribution in [3.63, 3.8) is 0 Å². The van der Waals surface area contributed by atoms with E-state index in [1.54, 1.807) is 23.9 Å². The Morgan fingerprint density at radius 1 is 1.50 bits per heavy atom. The van der Waals surface area contributed by atoms with E-state index in [0.717, 1.165) is 11.5 Å². The van der Waals surface area contributed by atoms with Crippen molar-refractivity contribution in [2.75, 3.05) is 11.5 Å². The molecule has 0 amide bonds. The van der Waals surface area contributed by atoms with Gasteiger partial charge in [-0.1, -0.05) is 12.2 Å². The number of hydrogen-bond donors (Lipinski definition) is 2. The molecule has 3 nitrogen and oxygen atoms in total. The molecule has 0 aliphatic rings. The van der Waals surface area contributed by atoms with Crippen LogP contribution in [0, 0.1) is 0 Å². The topological polar surface area (TPSA) is 63.3 Å². The largest absolute Gasteiger partial charge is 0.480 e. The third kappa shape index (κ3) is 4.48. The van der Waals surface area contributed by atoms with Gasteiger partial charge in [-0.05, 0) is 18.6 Å². The lowest BCUT2D eigenvalue weighted by molar-refractivity contribution is -0.143. The van der Waals surface area contributed by atoms with E-state index in [4.69, 9.17) is 10.8 Å². The van der Waals surface area contributed by atoms with Gasteiger partial charge in [0, 0.05) is 5.75 Å². The Morgan fingerprint density at radius 3 is 2.57 bits per heavy atom. The molecular formula is C10H17NO2S. The fourth-order valence-corrected chi connectivity index (χ4v) is 1.82. The van der Waals surface area contributed by atoms with Gasteiger partial charge < -0.3 is 10.8 Å². The van der Waals surface area contributed by atoms with Crippen LogP contribution in [-0.2, 0) is 4.79 Å². The van der Waals surface area contributed by atoms with Gasteiger partial charge >= 0.3 is 5.97 Å². The number of carboxylic acids is 1. The van der Waals surface area contributed by atoms with Gasteiger partial charge in [0.15, 0.2) is 0 Å².